The standard InChI is InChI=1S/C70H126N3O26P/c1-4-6-8-10-12-14-16-18-20-22-24-26-28-30-32-39-57(80)91-48-51(94-58(81)40-33-31-29-27-25-23-21-19-17-15-13-11-9-7-5-2)49-93-100(88,89)92-44-42-72-56(79)38-35-34-37-55(78)71-41-36-43-90-68-59(73-50(3)77)62(84)66(54(47-76)97-68)98-70-65(87)67(61(83)53(46-75)96-70)99-69-64(86)63(85)60(82)52(45-74)95-69/h18-21,51-54,59-70,74-76,82-87H,4-17,22-49H2,1-3H3,(H,71,78)(H,72,79)(H,73,77)(H,88,89)/b20-18-,21-19-/t51?,52-,53+,54+,59+,60+,61-,62+,63-,64-,65+,66+,67-,68+,69+,70-/m0/s1. The maximum absolute atomic E-state index is 13.0. The molecule has 0 aromatic rings. The maximum Gasteiger partial charge on any atom is 0.472 e. The second-order valence-corrected chi connectivity index (χ2v) is 27.7. The third-order valence-corrected chi connectivity index (χ3v) is 18.6. The zero-order valence-electron chi connectivity index (χ0n) is 59.7. The number of aliphatic hydroxyl groups is 9. The van der Waals surface area contributed by atoms with Gasteiger partial charge in [0.1, 0.15) is 79.8 Å². The predicted octanol–water partition coefficient (Wildman–Crippen LogP) is 5.44. The van der Waals surface area contributed by atoms with E-state index >= 15 is 0 Å². The van der Waals surface area contributed by atoms with Gasteiger partial charge < -0.3 is 105 Å². The van der Waals surface area contributed by atoms with Crippen molar-refractivity contribution in [2.45, 2.75) is 331 Å². The van der Waals surface area contributed by atoms with E-state index in [-0.39, 0.29) is 64.3 Å². The molecule has 2 unspecified atom stereocenters. The van der Waals surface area contributed by atoms with Crippen LogP contribution in [-0.4, -0.2) is 238 Å². The third kappa shape index (κ3) is 38.4. The van der Waals surface area contributed by atoms with Crippen molar-refractivity contribution in [3.05, 3.63) is 24.3 Å². The lowest BCUT2D eigenvalue weighted by Gasteiger charge is -2.48. The Morgan fingerprint density at radius 2 is 0.910 bits per heavy atom. The number of esters is 2. The Balaban J connectivity index is 1.37. The van der Waals surface area contributed by atoms with Crippen molar-refractivity contribution in [1.82, 2.24) is 16.0 Å². The molecule has 17 atom stereocenters. The van der Waals surface area contributed by atoms with Crippen LogP contribution in [0.25, 0.3) is 0 Å². The van der Waals surface area contributed by atoms with E-state index in [1.54, 1.807) is 0 Å². The van der Waals surface area contributed by atoms with Gasteiger partial charge in [0.15, 0.2) is 25.0 Å². The van der Waals surface area contributed by atoms with E-state index in [1.165, 1.54) is 77.0 Å². The summed E-state index contributed by atoms with van der Waals surface area (Å²) in [6.45, 7) is 1.58. The summed E-state index contributed by atoms with van der Waals surface area (Å²) >= 11 is 0. The number of phosphoric ester groups is 1. The second kappa shape index (κ2) is 54.9. The fraction of sp³-hybridized carbons (Fsp3) is 0.871. The molecule has 0 aromatic carbocycles. The first-order valence-corrected chi connectivity index (χ1v) is 38.6. The van der Waals surface area contributed by atoms with Gasteiger partial charge >= 0.3 is 19.8 Å². The predicted molar refractivity (Wildman–Crippen MR) is 367 cm³/mol. The molecular formula is C70H126N3O26P. The Bertz CT molecular complexity index is 2290. The minimum Gasteiger partial charge on any atom is -0.462 e. The number of hydrogen-bond donors (Lipinski definition) is 13. The summed E-state index contributed by atoms with van der Waals surface area (Å²) in [5.41, 5.74) is 0. The van der Waals surface area contributed by atoms with Gasteiger partial charge in [0.05, 0.1) is 39.6 Å². The van der Waals surface area contributed by atoms with E-state index in [0.29, 0.717) is 25.7 Å². The van der Waals surface area contributed by atoms with Crippen LogP contribution in [0.1, 0.15) is 233 Å². The molecule has 30 heteroatoms. The Morgan fingerprint density at radius 3 is 1.43 bits per heavy atom. The number of carbonyl (C=O) groups excluding carboxylic acids is 5. The molecule has 0 aliphatic carbocycles. The van der Waals surface area contributed by atoms with E-state index in [2.05, 4.69) is 54.1 Å². The summed E-state index contributed by atoms with van der Waals surface area (Å²) in [4.78, 5) is 73.8. The summed E-state index contributed by atoms with van der Waals surface area (Å²) in [6, 6.07) is -1.36. The van der Waals surface area contributed by atoms with Gasteiger partial charge in [-0.25, -0.2) is 4.57 Å². The lowest BCUT2D eigenvalue weighted by molar-refractivity contribution is -0.376. The Morgan fingerprint density at radius 1 is 0.460 bits per heavy atom. The van der Waals surface area contributed by atoms with Crippen molar-refractivity contribution < 1.29 is 126 Å². The average Bonchev–Trinajstić information content (AvgIpc) is 0.781. The molecule has 582 valence electrons. The number of ether oxygens (including phenoxy) is 8. The highest BCUT2D eigenvalue weighted by molar-refractivity contribution is 7.47. The molecule has 100 heavy (non-hydrogen) atoms. The molecular weight excluding hydrogens is 1330 g/mol. The number of rotatable bonds is 58. The van der Waals surface area contributed by atoms with Gasteiger partial charge in [0.2, 0.25) is 17.7 Å². The summed E-state index contributed by atoms with van der Waals surface area (Å²) in [7, 11) is -4.73. The molecule has 29 nitrogen and oxygen atoms in total. The molecule has 0 radical (unpaired) electrons. The van der Waals surface area contributed by atoms with Crippen LogP contribution < -0.4 is 16.0 Å². The lowest BCUT2D eigenvalue weighted by Crippen LogP contribution is -2.68. The quantitative estimate of drug-likeness (QED) is 0.0156. The van der Waals surface area contributed by atoms with Crippen LogP contribution in [0.5, 0.6) is 0 Å². The van der Waals surface area contributed by atoms with Crippen molar-refractivity contribution in [3.63, 3.8) is 0 Å². The van der Waals surface area contributed by atoms with Gasteiger partial charge in [0.25, 0.3) is 0 Å². The number of phosphoric acid groups is 1. The molecule has 0 spiro atoms. The van der Waals surface area contributed by atoms with Gasteiger partial charge in [-0.2, -0.15) is 0 Å². The number of nitrogens with one attached hydrogen (secondary N) is 3. The second-order valence-electron chi connectivity index (χ2n) is 26.2. The van der Waals surface area contributed by atoms with Crippen LogP contribution in [0, 0.1) is 0 Å². The zero-order valence-corrected chi connectivity index (χ0v) is 60.6. The molecule has 3 aliphatic heterocycles. The normalized spacial score (nSPS) is 26.5. The fourth-order valence-corrected chi connectivity index (χ4v) is 12.4. The van der Waals surface area contributed by atoms with Crippen LogP contribution in [0.15, 0.2) is 24.3 Å². The molecule has 3 aliphatic rings. The number of carbonyl (C=O) groups is 5. The highest BCUT2D eigenvalue weighted by Crippen LogP contribution is 2.43. The molecule has 0 aromatic heterocycles. The van der Waals surface area contributed by atoms with Gasteiger partial charge in [-0.3, -0.25) is 33.0 Å². The summed E-state index contributed by atoms with van der Waals surface area (Å²) in [5.74, 6) is -2.41. The minimum atomic E-state index is -4.73. The number of allylic oxidation sites excluding steroid dienone is 4. The highest BCUT2D eigenvalue weighted by Gasteiger charge is 2.54. The van der Waals surface area contributed by atoms with Crippen molar-refractivity contribution in [2.24, 2.45) is 0 Å². The van der Waals surface area contributed by atoms with Gasteiger partial charge in [-0.15, -0.1) is 0 Å². The number of amides is 3. The topological polar surface area (TPSA) is 433 Å². The highest BCUT2D eigenvalue weighted by atomic mass is 31.2. The van der Waals surface area contributed by atoms with E-state index in [1.807, 2.05) is 0 Å². The monoisotopic (exact) mass is 1460 g/mol. The average molecular weight is 1460 g/mol. The largest absolute Gasteiger partial charge is 0.472 e. The van der Waals surface area contributed by atoms with Crippen LogP contribution in [0.3, 0.4) is 0 Å². The minimum absolute atomic E-state index is 0.0267. The molecule has 0 bridgehead atoms. The number of unbranched alkanes of at least 4 members (excludes halogenated alkanes) is 23. The van der Waals surface area contributed by atoms with Crippen LogP contribution in [0.2, 0.25) is 0 Å². The van der Waals surface area contributed by atoms with E-state index in [4.69, 9.17) is 46.9 Å². The van der Waals surface area contributed by atoms with Crippen LogP contribution >= 0.6 is 7.82 Å². The van der Waals surface area contributed by atoms with E-state index in [9.17, 15) is 79.4 Å². The Kier molecular flexibility index (Phi) is 49.7. The van der Waals surface area contributed by atoms with Gasteiger partial charge in [0, 0.05) is 45.7 Å². The maximum atomic E-state index is 13.0. The summed E-state index contributed by atoms with van der Waals surface area (Å²) in [5, 5.41) is 103. The first-order valence-electron chi connectivity index (χ1n) is 37.1. The third-order valence-electron chi connectivity index (χ3n) is 17.6. The molecule has 3 fully saturated rings. The fourth-order valence-electron chi connectivity index (χ4n) is 11.7. The summed E-state index contributed by atoms with van der Waals surface area (Å²) in [6.07, 6.45) is 14.1. The molecule has 3 rings (SSSR count). The van der Waals surface area contributed by atoms with Crippen molar-refractivity contribution >= 4 is 37.5 Å². The zero-order chi connectivity index (χ0) is 73.3. The Hall–Kier alpha value is -3.66. The van der Waals surface area contributed by atoms with Crippen LogP contribution in [-0.2, 0) is 75.5 Å². The molecule has 3 heterocycles. The molecule has 3 saturated heterocycles. The van der Waals surface area contributed by atoms with Gasteiger partial charge in [-0.1, -0.05) is 141 Å². The summed E-state index contributed by atoms with van der Waals surface area (Å²) < 4.78 is 68.4. The number of aliphatic hydroxyl groups excluding tert-OH is 9. The Labute approximate surface area is 592 Å². The molecule has 0 saturated carbocycles. The smallest absolute Gasteiger partial charge is 0.462 e. The van der Waals surface area contributed by atoms with Crippen LogP contribution in [0.4, 0.5) is 0 Å². The van der Waals surface area contributed by atoms with Gasteiger partial charge in [-0.05, 0) is 83.5 Å². The first kappa shape index (κ1) is 90.6. The first-order chi connectivity index (χ1) is 48.2. The molecule has 3 amide bonds. The SMILES string of the molecule is CCCCCCCC/C=C\CCCCCCCC(=O)OCC(COP(=O)(O)OCCNC(=O)CCCCC(=O)NCCCO[C@@H]1O[C@H](CO)[C@@H](O[C@@H]2O[C@H](CO)[C@H](O)[C@H](O[C@H]3O[C@@H](CO)[C@@H](O)[C@H](O)[C@@H]3O)[C@H]2O)[C@H](O)[C@H]1NC(C)=O)OC(=O)CCCCCCC/C=C\CCCCCCCC. The number of hydrogen-bond acceptors (Lipinski definition) is 25. The van der Waals surface area contributed by atoms with Crippen molar-refractivity contribution in [3.8, 4) is 0 Å². The van der Waals surface area contributed by atoms with Crippen molar-refractivity contribution in [1.29, 1.82) is 0 Å². The van der Waals surface area contributed by atoms with E-state index in [0.717, 1.165) is 84.0 Å². The van der Waals surface area contributed by atoms with Crippen molar-refractivity contribution in [2.75, 3.05) is 59.3 Å². The lowest BCUT2D eigenvalue weighted by atomic mass is 9.95. The van der Waals surface area contributed by atoms with E-state index < -0.39 is 163 Å². The molecule has 13 N–H and O–H groups in total.